The molecule has 3 heterocycles. The zero-order valence-corrected chi connectivity index (χ0v) is 22.6. The van der Waals surface area contributed by atoms with E-state index in [1.807, 2.05) is 12.4 Å². The SMILES string of the molecule is C(#Cc1ccc(-c2cnc([C@@H]3CCCN3)[nH]2)cc1)c1ccc(-c2ccc(-c3cnc(C4CCCC4)[nH]3)cc2)cc1. The van der Waals surface area contributed by atoms with Crippen molar-refractivity contribution in [1.29, 1.82) is 0 Å². The molecule has 198 valence electrons. The summed E-state index contributed by atoms with van der Waals surface area (Å²) < 4.78 is 0. The number of hydrogen-bond donors (Lipinski definition) is 3. The smallest absolute Gasteiger partial charge is 0.123 e. The summed E-state index contributed by atoms with van der Waals surface area (Å²) in [6.07, 6.45) is 11.4. The number of aromatic amines is 2. The molecule has 0 spiro atoms. The molecule has 0 amide bonds. The monoisotopic (exact) mass is 523 g/mol. The molecule has 1 aliphatic heterocycles. The molecule has 1 aliphatic carbocycles. The summed E-state index contributed by atoms with van der Waals surface area (Å²) in [5, 5.41) is 3.49. The fraction of sp³-hybridized carbons (Fsp3) is 0.257. The maximum atomic E-state index is 4.66. The van der Waals surface area contributed by atoms with Crippen LogP contribution in [0.15, 0.2) is 85.2 Å². The summed E-state index contributed by atoms with van der Waals surface area (Å²) >= 11 is 0. The van der Waals surface area contributed by atoms with Crippen LogP contribution in [0.3, 0.4) is 0 Å². The maximum Gasteiger partial charge on any atom is 0.123 e. The van der Waals surface area contributed by atoms with Gasteiger partial charge in [0.25, 0.3) is 0 Å². The number of H-pyrrole nitrogens is 2. The second kappa shape index (κ2) is 11.0. The average molecular weight is 524 g/mol. The zero-order valence-electron chi connectivity index (χ0n) is 22.6. The van der Waals surface area contributed by atoms with Crippen LogP contribution in [0.1, 0.15) is 73.3 Å². The molecule has 3 aromatic carbocycles. The standard InChI is InChI=1S/C35H33N5/c1-2-5-30(4-1)34-37-22-32(39-34)29-19-17-27(18-20-29)26-13-9-24(10-14-26)7-8-25-11-15-28(16-12-25)33-23-38-35(40-33)31-6-3-21-36-31/h9-20,22-23,30-31,36H,1-6,21H2,(H,37,39)(H,38,40)/t31-/m0/s1. The molecule has 0 unspecified atom stereocenters. The van der Waals surface area contributed by atoms with Gasteiger partial charge >= 0.3 is 0 Å². The quantitative estimate of drug-likeness (QED) is 0.208. The lowest BCUT2D eigenvalue weighted by atomic mass is 10.0. The minimum Gasteiger partial charge on any atom is -0.342 e. The van der Waals surface area contributed by atoms with E-state index in [1.165, 1.54) is 48.8 Å². The minimum absolute atomic E-state index is 0.348. The van der Waals surface area contributed by atoms with Crippen LogP contribution in [0.2, 0.25) is 0 Å². The molecule has 1 atom stereocenters. The molecule has 1 saturated carbocycles. The van der Waals surface area contributed by atoms with E-state index in [9.17, 15) is 0 Å². The van der Waals surface area contributed by atoms with Gasteiger partial charge in [0.15, 0.2) is 0 Å². The van der Waals surface area contributed by atoms with Crippen molar-refractivity contribution in [2.45, 2.75) is 50.5 Å². The van der Waals surface area contributed by atoms with Gasteiger partial charge in [-0.1, -0.05) is 73.2 Å². The van der Waals surface area contributed by atoms with Gasteiger partial charge in [0.05, 0.1) is 29.8 Å². The van der Waals surface area contributed by atoms with Crippen molar-refractivity contribution in [1.82, 2.24) is 25.3 Å². The number of aromatic nitrogens is 4. The van der Waals surface area contributed by atoms with Crippen LogP contribution in [0, 0.1) is 11.8 Å². The third kappa shape index (κ3) is 5.23. The minimum atomic E-state index is 0.348. The van der Waals surface area contributed by atoms with Gasteiger partial charge in [0.2, 0.25) is 0 Å². The Kier molecular flexibility index (Phi) is 6.77. The highest BCUT2D eigenvalue weighted by molar-refractivity contribution is 5.69. The van der Waals surface area contributed by atoms with Gasteiger partial charge in [-0.05, 0) is 78.7 Å². The fourth-order valence-electron chi connectivity index (χ4n) is 5.93. The molecule has 5 heteroatoms. The number of hydrogen-bond acceptors (Lipinski definition) is 3. The maximum absolute atomic E-state index is 4.66. The lowest BCUT2D eigenvalue weighted by Crippen LogP contribution is -2.14. The highest BCUT2D eigenvalue weighted by Gasteiger charge is 2.20. The molecule has 5 aromatic rings. The van der Waals surface area contributed by atoms with Crippen molar-refractivity contribution in [2.24, 2.45) is 0 Å². The average Bonchev–Trinajstić information content (AvgIpc) is 3.83. The number of nitrogens with one attached hydrogen (secondary N) is 3. The molecule has 5 nitrogen and oxygen atoms in total. The second-order valence-electron chi connectivity index (χ2n) is 11.0. The first kappa shape index (κ1) is 24.6. The Hall–Kier alpha value is -4.40. The van der Waals surface area contributed by atoms with Gasteiger partial charge in [-0.3, -0.25) is 0 Å². The first-order valence-corrected chi connectivity index (χ1v) is 14.4. The molecular weight excluding hydrogens is 490 g/mol. The highest BCUT2D eigenvalue weighted by Crippen LogP contribution is 2.33. The molecule has 2 aromatic heterocycles. The molecule has 3 N–H and O–H groups in total. The van der Waals surface area contributed by atoms with Crippen molar-refractivity contribution < 1.29 is 0 Å². The van der Waals surface area contributed by atoms with Crippen LogP contribution in [0.5, 0.6) is 0 Å². The van der Waals surface area contributed by atoms with Crippen LogP contribution in [-0.2, 0) is 0 Å². The third-order valence-corrected chi connectivity index (χ3v) is 8.28. The van der Waals surface area contributed by atoms with E-state index < -0.39 is 0 Å². The Bertz CT molecular complexity index is 1630. The highest BCUT2D eigenvalue weighted by atomic mass is 15.0. The van der Waals surface area contributed by atoms with Crippen LogP contribution < -0.4 is 5.32 Å². The number of benzene rings is 3. The van der Waals surface area contributed by atoms with Crippen molar-refractivity contribution in [2.75, 3.05) is 6.54 Å². The topological polar surface area (TPSA) is 69.4 Å². The van der Waals surface area contributed by atoms with E-state index >= 15 is 0 Å². The summed E-state index contributed by atoms with van der Waals surface area (Å²) in [5.41, 5.74) is 8.82. The summed E-state index contributed by atoms with van der Waals surface area (Å²) in [4.78, 5) is 16.3. The van der Waals surface area contributed by atoms with Gasteiger partial charge < -0.3 is 15.3 Å². The van der Waals surface area contributed by atoms with Gasteiger partial charge in [-0.15, -0.1) is 0 Å². The normalized spacial score (nSPS) is 17.1. The molecule has 2 fully saturated rings. The Morgan fingerprint density at radius 1 is 0.550 bits per heavy atom. The van der Waals surface area contributed by atoms with E-state index in [2.05, 4.69) is 110 Å². The largest absolute Gasteiger partial charge is 0.342 e. The Morgan fingerprint density at radius 2 is 1.05 bits per heavy atom. The van der Waals surface area contributed by atoms with Crippen LogP contribution >= 0.6 is 0 Å². The lowest BCUT2D eigenvalue weighted by Gasteiger charge is -2.05. The molecule has 1 saturated heterocycles. The Morgan fingerprint density at radius 3 is 1.62 bits per heavy atom. The van der Waals surface area contributed by atoms with Crippen molar-refractivity contribution in [3.8, 4) is 45.5 Å². The van der Waals surface area contributed by atoms with Crippen LogP contribution in [-0.4, -0.2) is 26.5 Å². The predicted molar refractivity (Wildman–Crippen MR) is 161 cm³/mol. The van der Waals surface area contributed by atoms with Crippen LogP contribution in [0.4, 0.5) is 0 Å². The Balaban J connectivity index is 0.995. The van der Waals surface area contributed by atoms with Crippen molar-refractivity contribution >= 4 is 0 Å². The predicted octanol–water partition coefficient (Wildman–Crippen LogP) is 7.62. The lowest BCUT2D eigenvalue weighted by molar-refractivity contribution is 0.613. The van der Waals surface area contributed by atoms with Crippen LogP contribution in [0.25, 0.3) is 33.6 Å². The molecule has 2 aliphatic rings. The second-order valence-corrected chi connectivity index (χ2v) is 11.0. The van der Waals surface area contributed by atoms with Crippen molar-refractivity contribution in [3.05, 3.63) is 108 Å². The molecule has 7 rings (SSSR count). The summed E-state index contributed by atoms with van der Waals surface area (Å²) in [6, 6.07) is 25.9. The number of rotatable bonds is 5. The Labute approximate surface area is 235 Å². The van der Waals surface area contributed by atoms with Gasteiger partial charge in [-0.25, -0.2) is 9.97 Å². The number of nitrogens with zero attached hydrogens (tertiary/aromatic N) is 2. The van der Waals surface area contributed by atoms with Gasteiger partial charge in [0, 0.05) is 17.0 Å². The molecule has 0 bridgehead atoms. The van der Waals surface area contributed by atoms with Crippen molar-refractivity contribution in [3.63, 3.8) is 0 Å². The summed E-state index contributed by atoms with van der Waals surface area (Å²) in [7, 11) is 0. The summed E-state index contributed by atoms with van der Waals surface area (Å²) in [5.74, 6) is 9.38. The van der Waals surface area contributed by atoms with E-state index in [0.717, 1.165) is 52.7 Å². The van der Waals surface area contributed by atoms with E-state index in [0.29, 0.717) is 12.0 Å². The van der Waals surface area contributed by atoms with Gasteiger partial charge in [-0.2, -0.15) is 0 Å². The molecular formula is C35H33N5. The van der Waals surface area contributed by atoms with E-state index in [-0.39, 0.29) is 0 Å². The fourth-order valence-corrected chi connectivity index (χ4v) is 5.93. The first-order valence-electron chi connectivity index (χ1n) is 14.4. The van der Waals surface area contributed by atoms with E-state index in [1.54, 1.807) is 0 Å². The number of imidazole rings is 2. The van der Waals surface area contributed by atoms with Gasteiger partial charge in [0.1, 0.15) is 11.6 Å². The first-order chi connectivity index (χ1) is 19.8. The summed E-state index contributed by atoms with van der Waals surface area (Å²) in [6.45, 7) is 1.07. The zero-order chi connectivity index (χ0) is 26.7. The third-order valence-electron chi connectivity index (χ3n) is 8.28. The molecule has 40 heavy (non-hydrogen) atoms. The van der Waals surface area contributed by atoms with E-state index in [4.69, 9.17) is 0 Å². The molecule has 0 radical (unpaired) electrons.